The van der Waals surface area contributed by atoms with Crippen LogP contribution in [-0.2, 0) is 11.3 Å². The number of rotatable bonds is 6. The quantitative estimate of drug-likeness (QED) is 0.620. The van der Waals surface area contributed by atoms with Gasteiger partial charge in [-0.25, -0.2) is 0 Å². The highest BCUT2D eigenvalue weighted by atomic mass is 16.2. The normalized spacial score (nSPS) is 18.6. The third-order valence-corrected chi connectivity index (χ3v) is 3.40. The molecule has 2 rings (SSSR count). The molecular weight excluding hydrogens is 236 g/mol. The minimum atomic E-state index is 0.116. The van der Waals surface area contributed by atoms with E-state index in [2.05, 4.69) is 23.4 Å². The minimum Gasteiger partial charge on any atom is -0.341 e. The molecule has 1 aromatic rings. The number of amides is 1. The lowest BCUT2D eigenvalue weighted by Crippen LogP contribution is -2.28. The monoisotopic (exact) mass is 256 g/mol. The van der Waals surface area contributed by atoms with E-state index in [0.29, 0.717) is 6.42 Å². The average Bonchev–Trinajstić information content (AvgIpc) is 2.80. The summed E-state index contributed by atoms with van der Waals surface area (Å²) >= 11 is 0. The first-order chi connectivity index (χ1) is 9.29. The Kier molecular flexibility index (Phi) is 5.00. The number of terminal acetylenes is 1. The van der Waals surface area contributed by atoms with Crippen molar-refractivity contribution in [3.8, 4) is 12.3 Å². The molecule has 1 fully saturated rings. The molecule has 3 nitrogen and oxygen atoms in total. The molecule has 0 aromatic heterocycles. The maximum absolute atomic E-state index is 11.6. The second-order valence-electron chi connectivity index (χ2n) is 4.92. The van der Waals surface area contributed by atoms with Crippen molar-refractivity contribution in [2.75, 3.05) is 19.6 Å². The molecule has 1 atom stereocenters. The molecule has 0 spiro atoms. The molecule has 1 saturated heterocycles. The Labute approximate surface area is 115 Å². The Morgan fingerprint density at radius 3 is 2.84 bits per heavy atom. The second-order valence-corrected chi connectivity index (χ2v) is 4.92. The first-order valence-corrected chi connectivity index (χ1v) is 6.78. The van der Waals surface area contributed by atoms with Gasteiger partial charge in [0, 0.05) is 32.0 Å². The number of carbonyl (C=O) groups excluding carboxylic acids is 1. The van der Waals surface area contributed by atoms with Crippen molar-refractivity contribution in [3.63, 3.8) is 0 Å². The Hall–Kier alpha value is -1.79. The smallest absolute Gasteiger partial charge is 0.223 e. The van der Waals surface area contributed by atoms with Crippen LogP contribution in [0.4, 0.5) is 0 Å². The highest BCUT2D eigenvalue weighted by molar-refractivity contribution is 5.79. The van der Waals surface area contributed by atoms with Crippen LogP contribution >= 0.6 is 0 Å². The summed E-state index contributed by atoms with van der Waals surface area (Å²) in [5.74, 6) is 2.98. The first kappa shape index (κ1) is 13.6. The second kappa shape index (κ2) is 6.96. The molecular formula is C16H20N2O. The van der Waals surface area contributed by atoms with Crippen LogP contribution in [0.25, 0.3) is 0 Å². The van der Waals surface area contributed by atoms with E-state index in [9.17, 15) is 4.79 Å². The zero-order valence-electron chi connectivity index (χ0n) is 11.1. The average molecular weight is 256 g/mol. The predicted octanol–water partition coefficient (Wildman–Crippen LogP) is 1.65. The van der Waals surface area contributed by atoms with E-state index in [1.807, 2.05) is 23.1 Å². The summed E-state index contributed by atoms with van der Waals surface area (Å²) in [5, 5.41) is 3.39. The van der Waals surface area contributed by atoms with Gasteiger partial charge in [-0.2, -0.15) is 0 Å². The highest BCUT2D eigenvalue weighted by Crippen LogP contribution is 2.16. The molecule has 1 aliphatic heterocycles. The third-order valence-electron chi connectivity index (χ3n) is 3.40. The maximum atomic E-state index is 11.6. The van der Waals surface area contributed by atoms with E-state index < -0.39 is 0 Å². The van der Waals surface area contributed by atoms with Gasteiger partial charge < -0.3 is 10.2 Å². The van der Waals surface area contributed by atoms with Crippen LogP contribution in [-0.4, -0.2) is 30.4 Å². The van der Waals surface area contributed by atoms with E-state index in [1.54, 1.807) is 0 Å². The summed E-state index contributed by atoms with van der Waals surface area (Å²) in [5.41, 5.74) is 1.28. The number of benzene rings is 1. The van der Waals surface area contributed by atoms with Crippen LogP contribution in [0.2, 0.25) is 0 Å². The lowest BCUT2D eigenvalue weighted by atomic mass is 10.1. The predicted molar refractivity (Wildman–Crippen MR) is 76.3 cm³/mol. The van der Waals surface area contributed by atoms with Gasteiger partial charge in [0.2, 0.25) is 5.91 Å². The Morgan fingerprint density at radius 1 is 1.37 bits per heavy atom. The van der Waals surface area contributed by atoms with E-state index in [4.69, 9.17) is 6.42 Å². The van der Waals surface area contributed by atoms with Gasteiger partial charge in [0.15, 0.2) is 0 Å². The molecule has 0 saturated carbocycles. The van der Waals surface area contributed by atoms with Crippen LogP contribution in [0.5, 0.6) is 0 Å². The summed E-state index contributed by atoms with van der Waals surface area (Å²) < 4.78 is 0. The summed E-state index contributed by atoms with van der Waals surface area (Å²) in [6, 6.07) is 10.3. The largest absolute Gasteiger partial charge is 0.341 e. The van der Waals surface area contributed by atoms with Crippen molar-refractivity contribution < 1.29 is 4.79 Å². The third kappa shape index (κ3) is 4.11. The molecule has 3 heteroatoms. The van der Waals surface area contributed by atoms with Gasteiger partial charge in [0.25, 0.3) is 0 Å². The standard InChI is InChI=1S/C16H20N2O/c1-2-14-11-16(19)18(13-14)10-6-9-17-12-15-7-4-3-5-8-15/h1,3-5,7-8,14,17H,6,9-13H2. The number of nitrogens with one attached hydrogen (secondary N) is 1. The molecule has 1 aromatic carbocycles. The molecule has 1 N–H and O–H groups in total. The van der Waals surface area contributed by atoms with Crippen molar-refractivity contribution in [1.29, 1.82) is 0 Å². The van der Waals surface area contributed by atoms with Crippen LogP contribution in [0, 0.1) is 18.3 Å². The van der Waals surface area contributed by atoms with Crippen LogP contribution in [0.15, 0.2) is 30.3 Å². The molecule has 0 aliphatic carbocycles. The van der Waals surface area contributed by atoms with Crippen LogP contribution in [0.3, 0.4) is 0 Å². The van der Waals surface area contributed by atoms with Crippen molar-refractivity contribution >= 4 is 5.91 Å². The molecule has 1 heterocycles. The van der Waals surface area contributed by atoms with Crippen LogP contribution in [0.1, 0.15) is 18.4 Å². The molecule has 0 bridgehead atoms. The SMILES string of the molecule is C#CC1CC(=O)N(CCCNCc2ccccc2)C1. The summed E-state index contributed by atoms with van der Waals surface area (Å²) in [7, 11) is 0. The minimum absolute atomic E-state index is 0.116. The van der Waals surface area contributed by atoms with Crippen LogP contribution < -0.4 is 5.32 Å². The number of likely N-dealkylation sites (tertiary alicyclic amines) is 1. The molecule has 19 heavy (non-hydrogen) atoms. The van der Waals surface area contributed by atoms with Gasteiger partial charge in [0.05, 0.1) is 0 Å². The fourth-order valence-electron chi connectivity index (χ4n) is 2.32. The molecule has 0 radical (unpaired) electrons. The van der Waals surface area contributed by atoms with Gasteiger partial charge in [-0.15, -0.1) is 12.3 Å². The maximum Gasteiger partial charge on any atom is 0.223 e. The van der Waals surface area contributed by atoms with Gasteiger partial charge in [0.1, 0.15) is 0 Å². The zero-order valence-corrected chi connectivity index (χ0v) is 11.1. The number of nitrogens with zero attached hydrogens (tertiary/aromatic N) is 1. The number of hydrogen-bond donors (Lipinski definition) is 1. The lowest BCUT2D eigenvalue weighted by molar-refractivity contribution is -0.127. The fraction of sp³-hybridized carbons (Fsp3) is 0.438. The Morgan fingerprint density at radius 2 is 2.16 bits per heavy atom. The van der Waals surface area contributed by atoms with Crippen molar-refractivity contribution in [2.24, 2.45) is 5.92 Å². The van der Waals surface area contributed by atoms with E-state index in [0.717, 1.165) is 32.6 Å². The van der Waals surface area contributed by atoms with Crippen molar-refractivity contribution in [1.82, 2.24) is 10.2 Å². The summed E-state index contributed by atoms with van der Waals surface area (Å²) in [4.78, 5) is 13.5. The van der Waals surface area contributed by atoms with Gasteiger partial charge in [-0.1, -0.05) is 30.3 Å². The Balaban J connectivity index is 1.60. The van der Waals surface area contributed by atoms with Gasteiger partial charge >= 0.3 is 0 Å². The first-order valence-electron chi connectivity index (χ1n) is 6.78. The molecule has 1 unspecified atom stereocenters. The van der Waals surface area contributed by atoms with Crippen molar-refractivity contribution in [3.05, 3.63) is 35.9 Å². The van der Waals surface area contributed by atoms with Gasteiger partial charge in [-0.3, -0.25) is 4.79 Å². The topological polar surface area (TPSA) is 32.3 Å². The fourth-order valence-corrected chi connectivity index (χ4v) is 2.32. The Bertz CT molecular complexity index is 450. The molecule has 1 aliphatic rings. The summed E-state index contributed by atoms with van der Waals surface area (Å²) in [6.45, 7) is 3.33. The summed E-state index contributed by atoms with van der Waals surface area (Å²) in [6.07, 6.45) is 6.85. The van der Waals surface area contributed by atoms with Gasteiger partial charge in [-0.05, 0) is 18.5 Å². The van der Waals surface area contributed by atoms with Crippen molar-refractivity contribution in [2.45, 2.75) is 19.4 Å². The highest BCUT2D eigenvalue weighted by Gasteiger charge is 2.27. The lowest BCUT2D eigenvalue weighted by Gasteiger charge is -2.15. The van der Waals surface area contributed by atoms with E-state index in [1.165, 1.54) is 5.56 Å². The molecule has 100 valence electrons. The zero-order chi connectivity index (χ0) is 13.5. The van der Waals surface area contributed by atoms with E-state index >= 15 is 0 Å². The number of hydrogen-bond acceptors (Lipinski definition) is 2. The van der Waals surface area contributed by atoms with E-state index in [-0.39, 0.29) is 11.8 Å². The number of carbonyl (C=O) groups is 1. The molecule has 1 amide bonds.